The molecule has 0 aromatic heterocycles. The highest BCUT2D eigenvalue weighted by atomic mass is 35.5. The van der Waals surface area contributed by atoms with Crippen LogP contribution in [0, 0.1) is 29.6 Å². The Morgan fingerprint density at radius 1 is 1.03 bits per heavy atom. The summed E-state index contributed by atoms with van der Waals surface area (Å²) >= 11 is 6.51. The predicted octanol–water partition coefficient (Wildman–Crippen LogP) is 7.95. The van der Waals surface area contributed by atoms with Gasteiger partial charge in [-0.25, -0.2) is 0 Å². The number of hydrogen-bond donors (Lipinski definition) is 1. The van der Waals surface area contributed by atoms with Crippen molar-refractivity contribution in [2.75, 3.05) is 5.32 Å². The third-order valence-corrected chi connectivity index (χ3v) is 6.89. The average Bonchev–Trinajstić information content (AvgIpc) is 3.36. The lowest BCUT2D eigenvalue weighted by molar-refractivity contribution is 0.585. The Balaban J connectivity index is 1.54. The first-order valence-corrected chi connectivity index (χ1v) is 11.1. The number of nitriles is 1. The molecule has 0 spiro atoms. The number of allylic oxidation sites excluding steroid dienone is 1. The molecule has 1 fully saturated rings. The minimum absolute atomic E-state index is 0.152. The first kappa shape index (κ1) is 21.9. The van der Waals surface area contributed by atoms with Crippen LogP contribution in [-0.4, -0.2) is 0 Å². The Labute approximate surface area is 195 Å². The number of aryl methyl sites for hydroxylation is 1. The van der Waals surface area contributed by atoms with Gasteiger partial charge >= 0.3 is 0 Å². The van der Waals surface area contributed by atoms with Gasteiger partial charge in [0.25, 0.3) is 0 Å². The molecule has 32 heavy (non-hydrogen) atoms. The molecule has 160 valence electrons. The van der Waals surface area contributed by atoms with E-state index in [4.69, 9.17) is 16.9 Å². The molecule has 3 aromatic carbocycles. The van der Waals surface area contributed by atoms with E-state index in [-0.39, 0.29) is 5.41 Å². The van der Waals surface area contributed by atoms with Crippen LogP contribution in [0.25, 0.3) is 5.57 Å². The van der Waals surface area contributed by atoms with Crippen molar-refractivity contribution in [2.45, 2.75) is 26.7 Å². The average molecular weight is 439 g/mol. The molecule has 0 heterocycles. The van der Waals surface area contributed by atoms with Gasteiger partial charge in [-0.05, 0) is 65.3 Å². The van der Waals surface area contributed by atoms with Gasteiger partial charge in [-0.2, -0.15) is 5.26 Å². The summed E-state index contributed by atoms with van der Waals surface area (Å²) in [4.78, 5) is 0. The third-order valence-electron chi connectivity index (χ3n) is 6.56. The van der Waals surface area contributed by atoms with E-state index in [0.29, 0.717) is 22.4 Å². The lowest BCUT2D eigenvalue weighted by atomic mass is 9.98. The third kappa shape index (κ3) is 4.09. The van der Waals surface area contributed by atoms with Gasteiger partial charge in [0.2, 0.25) is 0 Å². The standard InChI is InChI=1S/C29H27ClN2/c1-18-7-6-8-23(15-18)28-27(29(28,4)5)20(3)32-24-13-14-26(30)25(16-24)19(2)22-11-9-21(17-31)10-12-22/h6-16,27-28,32H,2-3H2,1,4-5H3. The van der Waals surface area contributed by atoms with Crippen LogP contribution < -0.4 is 5.32 Å². The van der Waals surface area contributed by atoms with Crippen LogP contribution in [-0.2, 0) is 0 Å². The normalized spacial score (nSPS) is 18.5. The summed E-state index contributed by atoms with van der Waals surface area (Å²) in [7, 11) is 0. The van der Waals surface area contributed by atoms with Crippen molar-refractivity contribution >= 4 is 22.9 Å². The second-order valence-corrected chi connectivity index (χ2v) is 9.61. The maximum atomic E-state index is 9.03. The molecule has 0 bridgehead atoms. The van der Waals surface area contributed by atoms with Gasteiger partial charge < -0.3 is 5.32 Å². The van der Waals surface area contributed by atoms with Gasteiger partial charge in [0, 0.05) is 27.9 Å². The molecular weight excluding hydrogens is 412 g/mol. The Morgan fingerprint density at radius 3 is 2.41 bits per heavy atom. The molecule has 3 aromatic rings. The Hall–Kier alpha value is -3.28. The second kappa shape index (κ2) is 8.34. The van der Waals surface area contributed by atoms with Crippen molar-refractivity contribution in [3.05, 3.63) is 118 Å². The topological polar surface area (TPSA) is 35.8 Å². The van der Waals surface area contributed by atoms with Crippen molar-refractivity contribution in [2.24, 2.45) is 11.3 Å². The van der Waals surface area contributed by atoms with Crippen LogP contribution in [0.4, 0.5) is 5.69 Å². The highest BCUT2D eigenvalue weighted by Gasteiger charge is 2.59. The van der Waals surface area contributed by atoms with Crippen LogP contribution in [0.5, 0.6) is 0 Å². The fourth-order valence-electron chi connectivity index (χ4n) is 4.77. The molecular formula is C29H27ClN2. The molecule has 1 N–H and O–H groups in total. The van der Waals surface area contributed by atoms with Gasteiger partial charge in [0.15, 0.2) is 0 Å². The maximum Gasteiger partial charge on any atom is 0.0991 e. The van der Waals surface area contributed by atoms with Gasteiger partial charge in [-0.1, -0.05) is 80.6 Å². The molecule has 0 amide bonds. The Bertz CT molecular complexity index is 1240. The molecule has 0 saturated heterocycles. The van der Waals surface area contributed by atoms with Crippen molar-refractivity contribution in [3.8, 4) is 6.07 Å². The smallest absolute Gasteiger partial charge is 0.0991 e. The number of hydrogen-bond acceptors (Lipinski definition) is 2. The number of benzene rings is 3. The van der Waals surface area contributed by atoms with Crippen molar-refractivity contribution in [1.29, 1.82) is 5.26 Å². The summed E-state index contributed by atoms with van der Waals surface area (Å²) in [6.07, 6.45) is 0. The quantitative estimate of drug-likeness (QED) is 0.423. The minimum Gasteiger partial charge on any atom is -0.359 e. The van der Waals surface area contributed by atoms with Crippen molar-refractivity contribution in [3.63, 3.8) is 0 Å². The summed E-state index contributed by atoms with van der Waals surface area (Å²) in [6, 6.07) is 24.2. The summed E-state index contributed by atoms with van der Waals surface area (Å²) < 4.78 is 0. The second-order valence-electron chi connectivity index (χ2n) is 9.20. The van der Waals surface area contributed by atoms with Crippen LogP contribution in [0.3, 0.4) is 0 Å². The summed E-state index contributed by atoms with van der Waals surface area (Å²) in [5.41, 5.74) is 7.99. The van der Waals surface area contributed by atoms with Crippen LogP contribution in [0.15, 0.2) is 85.6 Å². The van der Waals surface area contributed by atoms with E-state index in [9.17, 15) is 0 Å². The minimum atomic E-state index is 0.152. The van der Waals surface area contributed by atoms with Crippen LogP contribution >= 0.6 is 11.6 Å². The number of nitrogens with one attached hydrogen (secondary N) is 1. The molecule has 0 aliphatic heterocycles. The number of halogens is 1. The molecule has 2 nitrogen and oxygen atoms in total. The molecule has 1 saturated carbocycles. The Kier molecular flexibility index (Phi) is 5.71. The number of nitrogens with zero attached hydrogens (tertiary/aromatic N) is 1. The molecule has 2 atom stereocenters. The zero-order valence-corrected chi connectivity index (χ0v) is 19.5. The first-order valence-electron chi connectivity index (χ1n) is 10.7. The van der Waals surface area contributed by atoms with E-state index in [0.717, 1.165) is 28.1 Å². The molecule has 1 aliphatic carbocycles. The SMILES string of the molecule is C=C(c1ccc(C#N)cc1)c1cc(NC(=C)C2C(c3cccc(C)c3)C2(C)C)ccc1Cl. The molecule has 1 aliphatic rings. The van der Waals surface area contributed by atoms with Gasteiger partial charge in [0.05, 0.1) is 11.6 Å². The summed E-state index contributed by atoms with van der Waals surface area (Å²) in [6.45, 7) is 15.4. The highest BCUT2D eigenvalue weighted by molar-refractivity contribution is 6.32. The lowest BCUT2D eigenvalue weighted by Crippen LogP contribution is -2.04. The predicted molar refractivity (Wildman–Crippen MR) is 135 cm³/mol. The van der Waals surface area contributed by atoms with Crippen molar-refractivity contribution in [1.82, 2.24) is 0 Å². The highest BCUT2D eigenvalue weighted by Crippen LogP contribution is 2.67. The van der Waals surface area contributed by atoms with E-state index >= 15 is 0 Å². The molecule has 3 heteroatoms. The fourth-order valence-corrected chi connectivity index (χ4v) is 5.00. The van der Waals surface area contributed by atoms with Crippen LogP contribution in [0.2, 0.25) is 5.02 Å². The van der Waals surface area contributed by atoms with E-state index in [2.05, 4.69) is 69.6 Å². The van der Waals surface area contributed by atoms with E-state index in [1.807, 2.05) is 30.3 Å². The summed E-state index contributed by atoms with van der Waals surface area (Å²) in [5, 5.41) is 13.2. The van der Waals surface area contributed by atoms with Crippen LogP contribution in [0.1, 0.15) is 47.6 Å². The van der Waals surface area contributed by atoms with Gasteiger partial charge in [-0.15, -0.1) is 0 Å². The number of rotatable bonds is 6. The molecule has 2 unspecified atom stereocenters. The van der Waals surface area contributed by atoms with E-state index < -0.39 is 0 Å². The number of anilines is 1. The monoisotopic (exact) mass is 438 g/mol. The maximum absolute atomic E-state index is 9.03. The van der Waals surface area contributed by atoms with E-state index in [1.54, 1.807) is 12.1 Å². The van der Waals surface area contributed by atoms with Crippen molar-refractivity contribution < 1.29 is 0 Å². The zero-order valence-electron chi connectivity index (χ0n) is 18.7. The van der Waals surface area contributed by atoms with Gasteiger partial charge in [-0.3, -0.25) is 0 Å². The van der Waals surface area contributed by atoms with Gasteiger partial charge in [0.1, 0.15) is 0 Å². The van der Waals surface area contributed by atoms with E-state index in [1.165, 1.54) is 11.1 Å². The lowest BCUT2D eigenvalue weighted by Gasteiger charge is -2.15. The first-order chi connectivity index (χ1) is 15.2. The molecule has 0 radical (unpaired) electrons. The largest absolute Gasteiger partial charge is 0.359 e. The fraction of sp³-hybridized carbons (Fsp3) is 0.207. The zero-order chi connectivity index (χ0) is 23.0. The summed E-state index contributed by atoms with van der Waals surface area (Å²) in [5.74, 6) is 0.799. The molecule has 4 rings (SSSR count). The Morgan fingerprint density at radius 2 is 1.75 bits per heavy atom.